The van der Waals surface area contributed by atoms with Gasteiger partial charge in [-0.3, -0.25) is 9.78 Å². The molecular formula is C19H16F4N4O. The molecule has 1 aromatic carbocycles. The minimum Gasteiger partial charge on any atom is -0.396 e. The highest BCUT2D eigenvalue weighted by atomic mass is 19.4. The molecule has 3 aromatic rings. The fourth-order valence-electron chi connectivity index (χ4n) is 2.90. The fourth-order valence-corrected chi connectivity index (χ4v) is 2.90. The molecule has 0 unspecified atom stereocenters. The van der Waals surface area contributed by atoms with E-state index in [4.69, 9.17) is 5.73 Å². The molecule has 9 heteroatoms. The number of rotatable bonds is 4. The first kappa shape index (κ1) is 19.5. The first-order valence-electron chi connectivity index (χ1n) is 8.43. The fraction of sp³-hybridized carbons (Fsp3) is 0.211. The van der Waals surface area contributed by atoms with Gasteiger partial charge in [0.25, 0.3) is 5.91 Å². The molecular weight excluding hydrogens is 376 g/mol. The first-order valence-corrected chi connectivity index (χ1v) is 8.43. The van der Waals surface area contributed by atoms with Crippen LogP contribution in [0.25, 0.3) is 21.9 Å². The summed E-state index contributed by atoms with van der Waals surface area (Å²) in [7, 11) is 0. The Labute approximate surface area is 157 Å². The number of pyridine rings is 2. The minimum absolute atomic E-state index is 0.0372. The van der Waals surface area contributed by atoms with E-state index in [9.17, 15) is 22.4 Å². The SMILES string of the molecule is CCCNC(=O)c1ncc2c(-c3cccnc3C(F)(F)F)c(F)ccc2c1N. The van der Waals surface area contributed by atoms with Crippen molar-refractivity contribution in [2.45, 2.75) is 19.5 Å². The second-order valence-electron chi connectivity index (χ2n) is 6.06. The van der Waals surface area contributed by atoms with Gasteiger partial charge in [-0.05, 0) is 24.6 Å². The third-order valence-electron chi connectivity index (χ3n) is 4.16. The number of nitrogen functional groups attached to an aromatic ring is 1. The van der Waals surface area contributed by atoms with E-state index in [2.05, 4.69) is 15.3 Å². The van der Waals surface area contributed by atoms with Crippen LogP contribution in [0, 0.1) is 5.82 Å². The molecule has 1 amide bonds. The van der Waals surface area contributed by atoms with E-state index in [1.807, 2.05) is 6.92 Å². The number of nitrogens with one attached hydrogen (secondary N) is 1. The van der Waals surface area contributed by atoms with E-state index in [-0.39, 0.29) is 27.7 Å². The average Bonchev–Trinajstić information content (AvgIpc) is 2.65. The Balaban J connectivity index is 2.25. The number of alkyl halides is 3. The zero-order valence-electron chi connectivity index (χ0n) is 14.8. The Morgan fingerprint density at radius 1 is 1.18 bits per heavy atom. The van der Waals surface area contributed by atoms with Crippen LogP contribution in [0.15, 0.2) is 36.7 Å². The van der Waals surface area contributed by atoms with Gasteiger partial charge in [0.15, 0.2) is 11.4 Å². The Morgan fingerprint density at radius 2 is 1.93 bits per heavy atom. The van der Waals surface area contributed by atoms with Crippen LogP contribution in [-0.4, -0.2) is 22.4 Å². The van der Waals surface area contributed by atoms with Crippen molar-refractivity contribution in [2.75, 3.05) is 12.3 Å². The minimum atomic E-state index is -4.77. The van der Waals surface area contributed by atoms with Gasteiger partial charge in [-0.15, -0.1) is 0 Å². The highest BCUT2D eigenvalue weighted by Crippen LogP contribution is 2.40. The van der Waals surface area contributed by atoms with E-state index in [0.29, 0.717) is 13.0 Å². The molecule has 28 heavy (non-hydrogen) atoms. The average molecular weight is 392 g/mol. The number of nitrogens with zero attached hydrogens (tertiary/aromatic N) is 2. The molecule has 0 saturated carbocycles. The summed E-state index contributed by atoms with van der Waals surface area (Å²) in [5.74, 6) is -1.39. The van der Waals surface area contributed by atoms with Crippen LogP contribution >= 0.6 is 0 Å². The van der Waals surface area contributed by atoms with Crippen molar-refractivity contribution in [3.63, 3.8) is 0 Å². The van der Waals surface area contributed by atoms with Crippen molar-refractivity contribution >= 4 is 22.4 Å². The summed E-state index contributed by atoms with van der Waals surface area (Å²) in [5, 5.41) is 2.91. The lowest BCUT2D eigenvalue weighted by molar-refractivity contribution is -0.140. The van der Waals surface area contributed by atoms with Crippen LogP contribution in [0.1, 0.15) is 29.5 Å². The van der Waals surface area contributed by atoms with Crippen molar-refractivity contribution < 1.29 is 22.4 Å². The lowest BCUT2D eigenvalue weighted by atomic mass is 9.96. The number of carbonyl (C=O) groups excluding carboxylic acids is 1. The second kappa shape index (κ2) is 7.41. The summed E-state index contributed by atoms with van der Waals surface area (Å²) < 4.78 is 54.7. The number of carbonyl (C=O) groups is 1. The maximum atomic E-state index is 14.6. The normalized spacial score (nSPS) is 11.6. The van der Waals surface area contributed by atoms with Gasteiger partial charge in [0.1, 0.15) is 5.82 Å². The Kier molecular flexibility index (Phi) is 5.17. The number of anilines is 1. The summed E-state index contributed by atoms with van der Waals surface area (Å²) in [6.45, 7) is 2.29. The molecule has 146 valence electrons. The maximum absolute atomic E-state index is 14.6. The van der Waals surface area contributed by atoms with E-state index < -0.39 is 29.2 Å². The molecule has 0 spiro atoms. The standard InChI is InChI=1S/C19H16F4N4O/c1-2-7-26-18(28)16-15(24)10-5-6-13(20)14(12(10)9-27-16)11-4-3-8-25-17(11)19(21,22)23/h3-6,8-9H,2,7,24H2,1H3,(H,26,28). The summed E-state index contributed by atoms with van der Waals surface area (Å²) in [6, 6.07) is 4.73. The van der Waals surface area contributed by atoms with Gasteiger partial charge in [0.2, 0.25) is 0 Å². The van der Waals surface area contributed by atoms with Gasteiger partial charge >= 0.3 is 6.18 Å². The predicted molar refractivity (Wildman–Crippen MR) is 97.0 cm³/mol. The van der Waals surface area contributed by atoms with Crippen LogP contribution in [0.2, 0.25) is 0 Å². The Morgan fingerprint density at radius 3 is 2.61 bits per heavy atom. The zero-order chi connectivity index (χ0) is 20.5. The van der Waals surface area contributed by atoms with Crippen LogP contribution in [0.5, 0.6) is 0 Å². The molecule has 0 aliphatic rings. The number of nitrogens with two attached hydrogens (primary N) is 1. The van der Waals surface area contributed by atoms with E-state index >= 15 is 0 Å². The number of halogens is 4. The number of aromatic nitrogens is 2. The topological polar surface area (TPSA) is 80.9 Å². The van der Waals surface area contributed by atoms with Crippen LogP contribution < -0.4 is 11.1 Å². The highest BCUT2D eigenvalue weighted by molar-refractivity contribution is 6.09. The zero-order valence-corrected chi connectivity index (χ0v) is 14.8. The van der Waals surface area contributed by atoms with Crippen molar-refractivity contribution in [3.8, 4) is 11.1 Å². The van der Waals surface area contributed by atoms with Crippen molar-refractivity contribution in [3.05, 3.63) is 53.9 Å². The van der Waals surface area contributed by atoms with Gasteiger partial charge in [0.05, 0.1) is 5.69 Å². The smallest absolute Gasteiger partial charge is 0.396 e. The van der Waals surface area contributed by atoms with Crippen LogP contribution in [-0.2, 0) is 6.18 Å². The monoisotopic (exact) mass is 392 g/mol. The van der Waals surface area contributed by atoms with Crippen LogP contribution in [0.4, 0.5) is 23.2 Å². The molecule has 0 saturated heterocycles. The third-order valence-corrected chi connectivity index (χ3v) is 4.16. The summed E-state index contributed by atoms with van der Waals surface area (Å²) in [5.41, 5.74) is 3.96. The maximum Gasteiger partial charge on any atom is 0.433 e. The third kappa shape index (κ3) is 3.47. The number of amides is 1. The van der Waals surface area contributed by atoms with Gasteiger partial charge in [-0.1, -0.05) is 13.0 Å². The number of hydrogen-bond donors (Lipinski definition) is 2. The van der Waals surface area contributed by atoms with Gasteiger partial charge in [-0.25, -0.2) is 9.37 Å². The Bertz CT molecular complexity index is 1050. The van der Waals surface area contributed by atoms with E-state index in [1.165, 1.54) is 12.1 Å². The van der Waals surface area contributed by atoms with Crippen molar-refractivity contribution in [1.29, 1.82) is 0 Å². The Hall–Kier alpha value is -3.23. The lowest BCUT2D eigenvalue weighted by Gasteiger charge is -2.15. The molecule has 0 aliphatic heterocycles. The molecule has 2 aromatic heterocycles. The summed E-state index contributed by atoms with van der Waals surface area (Å²) in [4.78, 5) is 19.5. The molecule has 0 radical (unpaired) electrons. The molecule has 2 heterocycles. The van der Waals surface area contributed by atoms with Gasteiger partial charge in [0, 0.05) is 40.8 Å². The van der Waals surface area contributed by atoms with Crippen molar-refractivity contribution in [2.24, 2.45) is 0 Å². The molecule has 3 N–H and O–H groups in total. The second-order valence-corrected chi connectivity index (χ2v) is 6.06. The quantitative estimate of drug-likeness (QED) is 0.653. The molecule has 0 atom stereocenters. The van der Waals surface area contributed by atoms with Gasteiger partial charge < -0.3 is 11.1 Å². The number of benzene rings is 1. The molecule has 0 bridgehead atoms. The molecule has 5 nitrogen and oxygen atoms in total. The van der Waals surface area contributed by atoms with Gasteiger partial charge in [-0.2, -0.15) is 13.2 Å². The molecule has 3 rings (SSSR count). The molecule has 0 fully saturated rings. The van der Waals surface area contributed by atoms with Crippen molar-refractivity contribution in [1.82, 2.24) is 15.3 Å². The highest BCUT2D eigenvalue weighted by Gasteiger charge is 2.36. The van der Waals surface area contributed by atoms with E-state index in [0.717, 1.165) is 24.5 Å². The largest absolute Gasteiger partial charge is 0.433 e. The summed E-state index contributed by atoms with van der Waals surface area (Å²) in [6.07, 6.45) is -1.93. The predicted octanol–water partition coefficient (Wildman–Crippen LogP) is 4.18. The number of hydrogen-bond acceptors (Lipinski definition) is 4. The summed E-state index contributed by atoms with van der Waals surface area (Å²) >= 11 is 0. The number of fused-ring (bicyclic) bond motifs is 1. The lowest BCUT2D eigenvalue weighted by Crippen LogP contribution is -2.26. The van der Waals surface area contributed by atoms with E-state index in [1.54, 1.807) is 0 Å². The molecule has 0 aliphatic carbocycles. The first-order chi connectivity index (χ1) is 13.3. The van der Waals surface area contributed by atoms with Crippen LogP contribution in [0.3, 0.4) is 0 Å².